The van der Waals surface area contributed by atoms with Crippen molar-refractivity contribution >= 4 is 63.0 Å². The fraction of sp³-hybridized carbons (Fsp3) is 0.292. The Hall–Kier alpha value is -2.57. The number of carbonyl (C=O) groups is 1. The van der Waals surface area contributed by atoms with Crippen LogP contribution in [0.2, 0.25) is 10.2 Å². The number of hydrogen-bond donors (Lipinski definition) is 2. The number of halogens is 5. The lowest BCUT2D eigenvalue weighted by Gasteiger charge is -2.33. The van der Waals surface area contributed by atoms with Gasteiger partial charge in [-0.2, -0.15) is 23.3 Å². The molecule has 0 aliphatic carbocycles. The van der Waals surface area contributed by atoms with Gasteiger partial charge in [0.25, 0.3) is 5.91 Å². The maximum absolute atomic E-state index is 13.5. The first-order valence-electron chi connectivity index (χ1n) is 11.3. The molecule has 0 saturated carbocycles. The normalized spacial score (nSPS) is 19.8. The number of nitrogens with one attached hydrogen (secondary N) is 1. The smallest absolute Gasteiger partial charge is 0.395 e. The van der Waals surface area contributed by atoms with E-state index in [4.69, 9.17) is 23.2 Å². The van der Waals surface area contributed by atoms with Gasteiger partial charge in [-0.3, -0.25) is 9.48 Å². The van der Waals surface area contributed by atoms with Crippen molar-refractivity contribution in [2.45, 2.75) is 18.8 Å². The topological polar surface area (TPSA) is 82.8 Å². The van der Waals surface area contributed by atoms with Crippen LogP contribution < -0.4 is 5.32 Å². The van der Waals surface area contributed by atoms with E-state index in [2.05, 4.69) is 15.4 Å². The van der Waals surface area contributed by atoms with E-state index in [1.165, 1.54) is 28.6 Å². The number of amides is 1. The Kier molecular flexibility index (Phi) is 7.25. The summed E-state index contributed by atoms with van der Waals surface area (Å²) in [5, 5.41) is 18.1. The molecule has 1 unspecified atom stereocenters. The predicted molar refractivity (Wildman–Crippen MR) is 139 cm³/mol. The summed E-state index contributed by atoms with van der Waals surface area (Å²) in [5.74, 6) is -0.358. The Labute approximate surface area is 223 Å². The number of aliphatic hydroxyl groups is 1. The lowest BCUT2D eigenvalue weighted by Crippen LogP contribution is -2.53. The van der Waals surface area contributed by atoms with Gasteiger partial charge in [0.1, 0.15) is 0 Å². The standard InChI is InChI=1S/C24H20Cl2F3N5O2S/c25-15-3-2-14(18(9-15)24(27,28)29)10-34-19-4-1-13(7-17(19)21(26)32-34)8-20-22(36)31-23(37-20)33-6-5-30-16(11-33)12-35/h1-4,7-9,16,30,35H,5-6,10-12H2. The molecule has 37 heavy (non-hydrogen) atoms. The fourth-order valence-corrected chi connectivity index (χ4v) is 5.65. The number of hydrogen-bond acceptors (Lipinski definition) is 6. The van der Waals surface area contributed by atoms with Crippen LogP contribution in [0, 0.1) is 0 Å². The third kappa shape index (κ3) is 5.51. The highest BCUT2D eigenvalue weighted by molar-refractivity contribution is 8.18. The second-order valence-corrected chi connectivity index (χ2v) is 10.4. The molecule has 194 valence electrons. The molecule has 1 atom stereocenters. The summed E-state index contributed by atoms with van der Waals surface area (Å²) < 4.78 is 42.0. The largest absolute Gasteiger partial charge is 0.416 e. The highest BCUT2D eigenvalue weighted by Gasteiger charge is 2.34. The molecule has 7 nitrogen and oxygen atoms in total. The average Bonchev–Trinajstić information content (AvgIpc) is 3.38. The Bertz CT molecular complexity index is 1440. The van der Waals surface area contributed by atoms with E-state index in [0.29, 0.717) is 46.2 Å². The Balaban J connectivity index is 1.39. The fourth-order valence-electron chi connectivity index (χ4n) is 4.29. The number of amidine groups is 1. The molecule has 1 saturated heterocycles. The number of thioether (sulfide) groups is 1. The van der Waals surface area contributed by atoms with Gasteiger partial charge in [0.2, 0.25) is 0 Å². The van der Waals surface area contributed by atoms with Gasteiger partial charge in [-0.1, -0.05) is 35.3 Å². The molecule has 0 bridgehead atoms. The number of aliphatic imine (C=N–C) groups is 1. The van der Waals surface area contributed by atoms with Crippen molar-refractivity contribution in [3.8, 4) is 0 Å². The number of aromatic nitrogens is 2. The van der Waals surface area contributed by atoms with Crippen molar-refractivity contribution in [2.75, 3.05) is 26.2 Å². The summed E-state index contributed by atoms with van der Waals surface area (Å²) in [5.41, 5.74) is 0.410. The summed E-state index contributed by atoms with van der Waals surface area (Å²) in [6.45, 7) is 1.74. The van der Waals surface area contributed by atoms with Crippen LogP contribution in [0.4, 0.5) is 13.2 Å². The van der Waals surface area contributed by atoms with Crippen molar-refractivity contribution < 1.29 is 23.1 Å². The third-order valence-electron chi connectivity index (χ3n) is 6.08. The minimum absolute atomic E-state index is 0.00488. The zero-order chi connectivity index (χ0) is 26.3. The first kappa shape index (κ1) is 26.1. The minimum atomic E-state index is -4.57. The van der Waals surface area contributed by atoms with E-state index >= 15 is 0 Å². The number of rotatable bonds is 4. The monoisotopic (exact) mass is 569 g/mol. The number of alkyl halides is 3. The number of carbonyl (C=O) groups excluding carboxylic acids is 1. The van der Waals surface area contributed by atoms with Crippen LogP contribution in [0.1, 0.15) is 16.7 Å². The van der Waals surface area contributed by atoms with Crippen LogP contribution in [0.3, 0.4) is 0 Å². The highest BCUT2D eigenvalue weighted by Crippen LogP contribution is 2.36. The van der Waals surface area contributed by atoms with E-state index in [-0.39, 0.29) is 40.8 Å². The molecule has 2 aliphatic rings. The van der Waals surface area contributed by atoms with E-state index in [9.17, 15) is 23.1 Å². The van der Waals surface area contributed by atoms with E-state index < -0.39 is 11.7 Å². The molecular weight excluding hydrogens is 550 g/mol. The van der Waals surface area contributed by atoms with Crippen LogP contribution in [-0.4, -0.2) is 63.1 Å². The molecule has 2 aromatic carbocycles. The molecule has 3 heterocycles. The van der Waals surface area contributed by atoms with E-state index in [0.717, 1.165) is 6.07 Å². The van der Waals surface area contributed by atoms with E-state index in [1.807, 2.05) is 4.90 Å². The van der Waals surface area contributed by atoms with Crippen molar-refractivity contribution in [2.24, 2.45) is 4.99 Å². The van der Waals surface area contributed by atoms with Crippen LogP contribution in [-0.2, 0) is 17.5 Å². The number of fused-ring (bicyclic) bond motifs is 1. The van der Waals surface area contributed by atoms with Gasteiger partial charge in [-0.15, -0.1) is 0 Å². The maximum Gasteiger partial charge on any atom is 0.416 e. The average molecular weight is 570 g/mol. The summed E-state index contributed by atoms with van der Waals surface area (Å²) in [4.78, 5) is 19.1. The van der Waals surface area contributed by atoms with Crippen molar-refractivity contribution in [3.63, 3.8) is 0 Å². The molecule has 0 spiro atoms. The molecule has 1 fully saturated rings. The van der Waals surface area contributed by atoms with Crippen LogP contribution in [0.5, 0.6) is 0 Å². The lowest BCUT2D eigenvalue weighted by molar-refractivity contribution is -0.138. The molecule has 2 N–H and O–H groups in total. The number of nitrogens with zero attached hydrogens (tertiary/aromatic N) is 4. The molecule has 2 aliphatic heterocycles. The summed E-state index contributed by atoms with van der Waals surface area (Å²) in [6.07, 6.45) is -2.87. The van der Waals surface area contributed by atoms with Gasteiger partial charge < -0.3 is 15.3 Å². The first-order valence-corrected chi connectivity index (χ1v) is 12.8. The SMILES string of the molecule is O=C1N=C(N2CCNC(CO)C2)SC1=Cc1ccc2c(c1)c(Cl)nn2Cc1ccc(Cl)cc1C(F)(F)F. The van der Waals surface area contributed by atoms with Crippen molar-refractivity contribution in [1.29, 1.82) is 0 Å². The third-order valence-corrected chi connectivity index (χ3v) is 7.64. The predicted octanol–water partition coefficient (Wildman–Crippen LogP) is 4.65. The minimum Gasteiger partial charge on any atom is -0.395 e. The van der Waals surface area contributed by atoms with Crippen LogP contribution >= 0.6 is 35.0 Å². The Morgan fingerprint density at radius 3 is 2.78 bits per heavy atom. The Morgan fingerprint density at radius 1 is 1.22 bits per heavy atom. The second-order valence-electron chi connectivity index (χ2n) is 8.61. The molecule has 0 radical (unpaired) electrons. The molecule has 1 amide bonds. The van der Waals surface area contributed by atoms with Gasteiger partial charge >= 0.3 is 6.18 Å². The summed E-state index contributed by atoms with van der Waals surface area (Å²) >= 11 is 13.4. The van der Waals surface area contributed by atoms with Crippen LogP contribution in [0.15, 0.2) is 46.3 Å². The van der Waals surface area contributed by atoms with Gasteiger partial charge in [-0.05, 0) is 53.2 Å². The molecule has 13 heteroatoms. The van der Waals surface area contributed by atoms with Crippen molar-refractivity contribution in [1.82, 2.24) is 20.0 Å². The molecule has 1 aromatic heterocycles. The number of benzene rings is 2. The molecular formula is C24H20Cl2F3N5O2S. The molecule has 3 aromatic rings. The Morgan fingerprint density at radius 2 is 2.03 bits per heavy atom. The summed E-state index contributed by atoms with van der Waals surface area (Å²) in [7, 11) is 0. The van der Waals surface area contributed by atoms with Crippen LogP contribution in [0.25, 0.3) is 17.0 Å². The first-order chi connectivity index (χ1) is 17.6. The zero-order valence-electron chi connectivity index (χ0n) is 19.1. The van der Waals surface area contributed by atoms with Gasteiger partial charge in [0.05, 0.1) is 29.1 Å². The highest BCUT2D eigenvalue weighted by atomic mass is 35.5. The van der Waals surface area contributed by atoms with E-state index in [1.54, 1.807) is 24.3 Å². The number of piperazine rings is 1. The van der Waals surface area contributed by atoms with Gasteiger partial charge in [-0.25, -0.2) is 0 Å². The summed E-state index contributed by atoms with van der Waals surface area (Å²) in [6, 6.07) is 8.73. The second kappa shape index (κ2) is 10.3. The van der Waals surface area contributed by atoms with Gasteiger partial charge in [0, 0.05) is 36.1 Å². The van der Waals surface area contributed by atoms with Gasteiger partial charge in [0.15, 0.2) is 10.3 Å². The quantitative estimate of drug-likeness (QED) is 0.445. The van der Waals surface area contributed by atoms with Crippen molar-refractivity contribution in [3.05, 3.63) is 68.2 Å². The molecule has 5 rings (SSSR count). The maximum atomic E-state index is 13.5. The zero-order valence-corrected chi connectivity index (χ0v) is 21.4. The lowest BCUT2D eigenvalue weighted by atomic mass is 10.1. The number of aliphatic hydroxyl groups excluding tert-OH is 1.